The highest BCUT2D eigenvalue weighted by Gasteiger charge is 2.05. The molecular weight excluding hydrogens is 367 g/mol. The van der Waals surface area contributed by atoms with Crippen LogP contribution in [0.25, 0.3) is 0 Å². The van der Waals surface area contributed by atoms with Gasteiger partial charge in [-0.2, -0.15) is 0 Å². The van der Waals surface area contributed by atoms with Gasteiger partial charge in [-0.1, -0.05) is 26.2 Å². The van der Waals surface area contributed by atoms with Crippen LogP contribution in [0, 0.1) is 0 Å². The van der Waals surface area contributed by atoms with E-state index in [1.54, 1.807) is 24.5 Å². The molecule has 0 aliphatic rings. The van der Waals surface area contributed by atoms with Gasteiger partial charge in [-0.15, -0.1) is 24.0 Å². The maximum atomic E-state index is 9.89. The van der Waals surface area contributed by atoms with Crippen LogP contribution in [-0.4, -0.2) is 29.1 Å². The van der Waals surface area contributed by atoms with Crippen LogP contribution in [0.3, 0.4) is 0 Å². The number of nitrogens with zero attached hydrogens (tertiary/aromatic N) is 2. The van der Waals surface area contributed by atoms with Crippen molar-refractivity contribution in [1.82, 2.24) is 10.3 Å². The quantitative estimate of drug-likeness (QED) is 0.274. The van der Waals surface area contributed by atoms with Gasteiger partial charge >= 0.3 is 0 Å². The highest BCUT2D eigenvalue weighted by molar-refractivity contribution is 14.0. The van der Waals surface area contributed by atoms with E-state index >= 15 is 0 Å². The van der Waals surface area contributed by atoms with E-state index in [0.29, 0.717) is 5.96 Å². The minimum atomic E-state index is -0.636. The molecule has 0 saturated heterocycles. The molecule has 20 heavy (non-hydrogen) atoms. The Kier molecular flexibility index (Phi) is 11.4. The van der Waals surface area contributed by atoms with Crippen LogP contribution < -0.4 is 11.1 Å². The molecule has 6 heteroatoms. The first-order chi connectivity index (χ1) is 9.24. The Morgan fingerprint density at radius 1 is 1.35 bits per heavy atom. The number of guanidine groups is 1. The monoisotopic (exact) mass is 392 g/mol. The van der Waals surface area contributed by atoms with E-state index in [2.05, 4.69) is 22.2 Å². The van der Waals surface area contributed by atoms with E-state index in [4.69, 9.17) is 5.73 Å². The Bertz CT molecular complexity index is 373. The lowest BCUT2D eigenvalue weighted by Crippen LogP contribution is -2.32. The van der Waals surface area contributed by atoms with Crippen molar-refractivity contribution in [2.24, 2.45) is 10.7 Å². The summed E-state index contributed by atoms with van der Waals surface area (Å²) in [4.78, 5) is 8.04. The number of halogens is 1. The fourth-order valence-corrected chi connectivity index (χ4v) is 1.70. The minimum absolute atomic E-state index is 0. The molecule has 0 aromatic carbocycles. The molecule has 0 bridgehead atoms. The normalized spacial score (nSPS) is 12.6. The van der Waals surface area contributed by atoms with Crippen molar-refractivity contribution in [2.45, 2.75) is 38.7 Å². The van der Waals surface area contributed by atoms with Gasteiger partial charge in [0.25, 0.3) is 0 Å². The number of nitrogens with two attached hydrogens (primary N) is 1. The van der Waals surface area contributed by atoms with Gasteiger partial charge in [-0.3, -0.25) is 9.98 Å². The fraction of sp³-hybridized carbons (Fsp3) is 0.571. The molecule has 1 rings (SSSR count). The van der Waals surface area contributed by atoms with Gasteiger partial charge in [0.05, 0.1) is 12.6 Å². The van der Waals surface area contributed by atoms with E-state index in [9.17, 15) is 5.11 Å². The van der Waals surface area contributed by atoms with Crippen molar-refractivity contribution in [3.05, 3.63) is 30.1 Å². The summed E-state index contributed by atoms with van der Waals surface area (Å²) < 4.78 is 0. The van der Waals surface area contributed by atoms with Gasteiger partial charge in [0.1, 0.15) is 0 Å². The van der Waals surface area contributed by atoms with Crippen molar-refractivity contribution < 1.29 is 5.11 Å². The topological polar surface area (TPSA) is 83.5 Å². The van der Waals surface area contributed by atoms with Gasteiger partial charge in [0.15, 0.2) is 5.96 Å². The van der Waals surface area contributed by atoms with Crippen LogP contribution in [0.15, 0.2) is 29.5 Å². The predicted octanol–water partition coefficient (Wildman–Crippen LogP) is 2.22. The first kappa shape index (κ1) is 19.1. The third kappa shape index (κ3) is 8.31. The molecule has 1 aromatic rings. The Labute approximate surface area is 138 Å². The number of hydrogen-bond donors (Lipinski definition) is 3. The summed E-state index contributed by atoms with van der Waals surface area (Å²) in [5.74, 6) is 0.393. The lowest BCUT2D eigenvalue weighted by Gasteiger charge is -2.09. The van der Waals surface area contributed by atoms with E-state index in [-0.39, 0.29) is 30.5 Å². The van der Waals surface area contributed by atoms with Crippen LogP contribution in [0.5, 0.6) is 0 Å². The Balaban J connectivity index is 0.00000361. The molecule has 4 N–H and O–H groups in total. The van der Waals surface area contributed by atoms with Gasteiger partial charge in [-0.25, -0.2) is 0 Å². The second-order valence-electron chi connectivity index (χ2n) is 4.51. The van der Waals surface area contributed by atoms with Crippen LogP contribution in [0.2, 0.25) is 0 Å². The van der Waals surface area contributed by atoms with Gasteiger partial charge < -0.3 is 16.2 Å². The molecule has 0 amide bonds. The van der Waals surface area contributed by atoms with E-state index in [0.717, 1.165) is 18.5 Å². The zero-order valence-corrected chi connectivity index (χ0v) is 14.3. The van der Waals surface area contributed by atoms with E-state index in [1.165, 1.54) is 19.3 Å². The molecular formula is C14H25IN4O. The van der Waals surface area contributed by atoms with Crippen molar-refractivity contribution in [2.75, 3.05) is 13.1 Å². The molecule has 0 aliphatic heterocycles. The molecule has 0 spiro atoms. The zero-order chi connectivity index (χ0) is 13.9. The maximum Gasteiger partial charge on any atom is 0.188 e. The lowest BCUT2D eigenvalue weighted by atomic mass is 10.1. The Morgan fingerprint density at radius 2 is 2.05 bits per heavy atom. The highest BCUT2D eigenvalue weighted by atomic mass is 127. The third-order valence-corrected chi connectivity index (χ3v) is 2.86. The number of pyridine rings is 1. The molecule has 0 fully saturated rings. The van der Waals surface area contributed by atoms with Gasteiger partial charge in [0.2, 0.25) is 0 Å². The smallest absolute Gasteiger partial charge is 0.188 e. The summed E-state index contributed by atoms with van der Waals surface area (Å²) in [6.45, 7) is 3.28. The number of hydrogen-bond acceptors (Lipinski definition) is 3. The molecule has 1 atom stereocenters. The Hall–Kier alpha value is -0.890. The molecule has 0 radical (unpaired) electrons. The van der Waals surface area contributed by atoms with Crippen LogP contribution >= 0.6 is 24.0 Å². The minimum Gasteiger partial charge on any atom is -0.386 e. The molecule has 1 heterocycles. The van der Waals surface area contributed by atoms with Crippen molar-refractivity contribution in [3.8, 4) is 0 Å². The number of aliphatic hydroxyl groups is 1. The average molecular weight is 392 g/mol. The SMILES string of the molecule is CCCCCCNC(N)=NCC(O)c1ccncc1.I. The summed E-state index contributed by atoms with van der Waals surface area (Å²) in [6, 6.07) is 3.54. The summed E-state index contributed by atoms with van der Waals surface area (Å²) in [5, 5.41) is 12.9. The highest BCUT2D eigenvalue weighted by Crippen LogP contribution is 2.10. The molecule has 1 aromatic heterocycles. The summed E-state index contributed by atoms with van der Waals surface area (Å²) in [6.07, 6.45) is 7.44. The first-order valence-electron chi connectivity index (χ1n) is 6.85. The lowest BCUT2D eigenvalue weighted by molar-refractivity contribution is 0.187. The second-order valence-corrected chi connectivity index (χ2v) is 4.51. The largest absolute Gasteiger partial charge is 0.386 e. The molecule has 114 valence electrons. The number of aliphatic imine (C=N–C) groups is 1. The molecule has 1 unspecified atom stereocenters. The van der Waals surface area contributed by atoms with Crippen molar-refractivity contribution >= 4 is 29.9 Å². The zero-order valence-electron chi connectivity index (χ0n) is 12.0. The second kappa shape index (κ2) is 11.9. The molecule has 0 aliphatic carbocycles. The van der Waals surface area contributed by atoms with E-state index < -0.39 is 6.10 Å². The number of rotatable bonds is 8. The average Bonchev–Trinajstić information content (AvgIpc) is 2.45. The number of nitrogens with one attached hydrogen (secondary N) is 1. The fourth-order valence-electron chi connectivity index (χ4n) is 1.70. The predicted molar refractivity (Wildman–Crippen MR) is 93.2 cm³/mol. The summed E-state index contributed by atoms with van der Waals surface area (Å²) >= 11 is 0. The van der Waals surface area contributed by atoms with E-state index in [1.807, 2.05) is 0 Å². The van der Waals surface area contributed by atoms with Crippen molar-refractivity contribution in [3.63, 3.8) is 0 Å². The van der Waals surface area contributed by atoms with Gasteiger partial charge in [-0.05, 0) is 24.1 Å². The number of aromatic nitrogens is 1. The third-order valence-electron chi connectivity index (χ3n) is 2.86. The number of aliphatic hydroxyl groups excluding tert-OH is 1. The van der Waals surface area contributed by atoms with Gasteiger partial charge in [0, 0.05) is 18.9 Å². The van der Waals surface area contributed by atoms with Crippen LogP contribution in [0.4, 0.5) is 0 Å². The Morgan fingerprint density at radius 3 is 2.70 bits per heavy atom. The van der Waals surface area contributed by atoms with Crippen molar-refractivity contribution in [1.29, 1.82) is 0 Å². The summed E-state index contributed by atoms with van der Waals surface area (Å²) in [7, 11) is 0. The van der Waals surface area contributed by atoms with Crippen LogP contribution in [-0.2, 0) is 0 Å². The molecule has 5 nitrogen and oxygen atoms in total. The standard InChI is InChI=1S/C14H24N4O.HI/c1-2-3-4-5-8-17-14(15)18-11-13(19)12-6-9-16-10-7-12;/h6-7,9-10,13,19H,2-5,8,11H2,1H3,(H3,15,17,18);1H. The first-order valence-corrected chi connectivity index (χ1v) is 6.85. The molecule has 0 saturated carbocycles. The maximum absolute atomic E-state index is 9.89. The van der Waals surface area contributed by atoms with Crippen LogP contribution in [0.1, 0.15) is 44.3 Å². The number of unbranched alkanes of at least 4 members (excludes halogenated alkanes) is 3. The summed E-state index contributed by atoms with van der Waals surface area (Å²) in [5.41, 5.74) is 6.53.